The summed E-state index contributed by atoms with van der Waals surface area (Å²) in [6.45, 7) is 3.59. The smallest absolute Gasteiger partial charge is 0.267 e. The second-order valence-corrected chi connectivity index (χ2v) is 4.49. The Morgan fingerprint density at radius 2 is 1.65 bits per heavy atom. The first-order valence-electron chi connectivity index (χ1n) is 6.07. The molecule has 0 N–H and O–H groups in total. The molecule has 0 amide bonds. The zero-order chi connectivity index (χ0) is 13.7. The van der Waals surface area contributed by atoms with Gasteiger partial charge in [0.15, 0.2) is 17.1 Å². The highest BCUT2D eigenvalue weighted by Crippen LogP contribution is 2.28. The van der Waals surface area contributed by atoms with Gasteiger partial charge < -0.3 is 18.3 Å². The van der Waals surface area contributed by atoms with Crippen molar-refractivity contribution < 1.29 is 18.3 Å². The molecule has 0 saturated heterocycles. The summed E-state index contributed by atoms with van der Waals surface area (Å²) in [5.74, 6) is 2.06. The second-order valence-electron chi connectivity index (χ2n) is 4.49. The molecular weight excluding hydrogens is 260 g/mol. The van der Waals surface area contributed by atoms with Crippen molar-refractivity contribution in [3.63, 3.8) is 0 Å². The van der Waals surface area contributed by atoms with Crippen molar-refractivity contribution in [3.8, 4) is 0 Å². The molecule has 20 heavy (non-hydrogen) atoms. The summed E-state index contributed by atoms with van der Waals surface area (Å²) >= 11 is 0. The highest BCUT2D eigenvalue weighted by molar-refractivity contribution is 5.89. The third-order valence-electron chi connectivity index (χ3n) is 2.92. The maximum Gasteiger partial charge on any atom is 0.267 e. The van der Waals surface area contributed by atoms with Gasteiger partial charge in [0.2, 0.25) is 5.76 Å². The van der Waals surface area contributed by atoms with Gasteiger partial charge in [-0.15, -0.1) is 0 Å². The first-order chi connectivity index (χ1) is 9.69. The lowest BCUT2D eigenvalue weighted by Crippen LogP contribution is -1.95. The quantitative estimate of drug-likeness (QED) is 0.674. The number of hydrogen-bond acceptors (Lipinski definition) is 6. The summed E-state index contributed by atoms with van der Waals surface area (Å²) in [5.41, 5.74) is 2.72. The van der Waals surface area contributed by atoms with Crippen LogP contribution in [-0.2, 0) is 9.47 Å². The Kier molecular flexibility index (Phi) is 2.14. The van der Waals surface area contributed by atoms with Crippen LogP contribution in [0.2, 0.25) is 0 Å². The van der Waals surface area contributed by atoms with Crippen molar-refractivity contribution in [1.82, 2.24) is 9.97 Å². The van der Waals surface area contributed by atoms with Gasteiger partial charge in [-0.1, -0.05) is 0 Å². The van der Waals surface area contributed by atoms with Gasteiger partial charge in [0.1, 0.15) is 29.3 Å². The molecule has 0 atom stereocenters. The average molecular weight is 270 g/mol. The molecular formula is C14H10N2O4. The number of ether oxygens (including phenoxy) is 2. The summed E-state index contributed by atoms with van der Waals surface area (Å²) < 4.78 is 21.8. The molecule has 0 aliphatic carbocycles. The molecule has 0 fully saturated rings. The molecule has 0 saturated carbocycles. The number of aryl methyl sites for hydroxylation is 1. The van der Waals surface area contributed by atoms with Gasteiger partial charge in [0.25, 0.3) is 5.89 Å². The molecule has 3 aromatic rings. The molecule has 4 rings (SSSR count). The second kappa shape index (κ2) is 3.86. The maximum atomic E-state index is 5.66. The largest absolute Gasteiger partial charge is 0.462 e. The van der Waals surface area contributed by atoms with Crippen LogP contribution in [0.1, 0.15) is 18.7 Å². The lowest BCUT2D eigenvalue weighted by atomic mass is 10.3. The predicted octanol–water partition coefficient (Wildman–Crippen LogP) is 3.48. The number of allylic oxidation sites excluding steroid dienone is 1. The van der Waals surface area contributed by atoms with E-state index in [9.17, 15) is 0 Å². The molecule has 6 heteroatoms. The first-order valence-corrected chi connectivity index (χ1v) is 6.07. The summed E-state index contributed by atoms with van der Waals surface area (Å²) in [4.78, 5) is 8.64. The monoisotopic (exact) mass is 270 g/mol. The van der Waals surface area contributed by atoms with E-state index in [1.165, 1.54) is 12.5 Å². The summed E-state index contributed by atoms with van der Waals surface area (Å²) in [7, 11) is 0. The Balaban J connectivity index is 1.83. The van der Waals surface area contributed by atoms with Gasteiger partial charge >= 0.3 is 0 Å². The van der Waals surface area contributed by atoms with Gasteiger partial charge in [-0.25, -0.2) is 9.97 Å². The van der Waals surface area contributed by atoms with Crippen LogP contribution in [0, 0.1) is 6.92 Å². The van der Waals surface area contributed by atoms with E-state index in [1.807, 2.05) is 6.07 Å². The number of benzene rings is 1. The van der Waals surface area contributed by atoms with Crippen LogP contribution >= 0.6 is 0 Å². The van der Waals surface area contributed by atoms with E-state index >= 15 is 0 Å². The van der Waals surface area contributed by atoms with E-state index < -0.39 is 0 Å². The third-order valence-corrected chi connectivity index (χ3v) is 2.92. The molecule has 1 aromatic carbocycles. The molecule has 0 unspecified atom stereocenters. The molecule has 1 aliphatic heterocycles. The van der Waals surface area contributed by atoms with Crippen molar-refractivity contribution in [1.29, 1.82) is 0 Å². The minimum Gasteiger partial charge on any atom is -0.462 e. The van der Waals surface area contributed by atoms with Crippen molar-refractivity contribution in [2.24, 2.45) is 0 Å². The fourth-order valence-corrected chi connectivity index (χ4v) is 2.02. The molecule has 1 aliphatic rings. The minimum absolute atomic E-state index is 0.355. The molecule has 0 bridgehead atoms. The zero-order valence-electron chi connectivity index (χ0n) is 10.8. The lowest BCUT2D eigenvalue weighted by Gasteiger charge is -2.09. The number of aromatic nitrogens is 2. The molecule has 2 aromatic heterocycles. The van der Waals surface area contributed by atoms with Crippen LogP contribution in [0.25, 0.3) is 28.0 Å². The predicted molar refractivity (Wildman–Crippen MR) is 70.2 cm³/mol. The first kappa shape index (κ1) is 11.1. The molecule has 0 spiro atoms. The molecule has 6 nitrogen and oxygen atoms in total. The number of oxazole rings is 2. The van der Waals surface area contributed by atoms with E-state index in [-0.39, 0.29) is 0 Å². The van der Waals surface area contributed by atoms with Gasteiger partial charge in [0.05, 0.1) is 0 Å². The fraction of sp³-hybridized carbons (Fsp3) is 0.143. The molecule has 0 radical (unpaired) electrons. The van der Waals surface area contributed by atoms with E-state index in [2.05, 4.69) is 9.97 Å². The highest BCUT2D eigenvalue weighted by Gasteiger charge is 2.17. The van der Waals surface area contributed by atoms with Crippen molar-refractivity contribution in [2.45, 2.75) is 13.8 Å². The Morgan fingerprint density at radius 1 is 0.850 bits per heavy atom. The SMILES string of the molecule is CC1=COC(c2nc3cc4nc(C)oc4cc3o2)=CO1. The minimum atomic E-state index is 0.355. The van der Waals surface area contributed by atoms with E-state index in [0.29, 0.717) is 40.0 Å². The summed E-state index contributed by atoms with van der Waals surface area (Å²) in [6.07, 6.45) is 2.97. The lowest BCUT2D eigenvalue weighted by molar-refractivity contribution is 0.270. The maximum absolute atomic E-state index is 5.66. The summed E-state index contributed by atoms with van der Waals surface area (Å²) in [6, 6.07) is 3.59. The van der Waals surface area contributed by atoms with Crippen LogP contribution in [0.5, 0.6) is 0 Å². The average Bonchev–Trinajstić information content (AvgIpc) is 2.97. The van der Waals surface area contributed by atoms with Crippen molar-refractivity contribution in [2.75, 3.05) is 0 Å². The van der Waals surface area contributed by atoms with Crippen molar-refractivity contribution >= 4 is 28.0 Å². The summed E-state index contributed by atoms with van der Waals surface area (Å²) in [5, 5.41) is 0. The van der Waals surface area contributed by atoms with Crippen LogP contribution < -0.4 is 0 Å². The van der Waals surface area contributed by atoms with Crippen LogP contribution in [0.15, 0.2) is 39.3 Å². The zero-order valence-corrected chi connectivity index (χ0v) is 10.8. The number of hydrogen-bond donors (Lipinski definition) is 0. The Bertz CT molecular complexity index is 834. The third kappa shape index (κ3) is 1.65. The van der Waals surface area contributed by atoms with Gasteiger partial charge in [0, 0.05) is 13.0 Å². The highest BCUT2D eigenvalue weighted by atomic mass is 16.5. The van der Waals surface area contributed by atoms with E-state index in [1.54, 1.807) is 19.9 Å². The standard InChI is InChI=1S/C14H10N2O4/c1-7-5-18-13(6-17-7)14-16-10-3-9-11(4-12(10)20-14)19-8(2)15-9/h3-6H,1-2H3. The van der Waals surface area contributed by atoms with Crippen molar-refractivity contribution in [3.05, 3.63) is 42.2 Å². The van der Waals surface area contributed by atoms with Gasteiger partial charge in [-0.2, -0.15) is 0 Å². The van der Waals surface area contributed by atoms with Gasteiger partial charge in [-0.05, 0) is 13.0 Å². The fourth-order valence-electron chi connectivity index (χ4n) is 2.02. The van der Waals surface area contributed by atoms with E-state index in [4.69, 9.17) is 18.3 Å². The number of nitrogens with zero attached hydrogens (tertiary/aromatic N) is 2. The molecule has 100 valence electrons. The number of rotatable bonds is 1. The topological polar surface area (TPSA) is 70.5 Å². The Morgan fingerprint density at radius 3 is 2.45 bits per heavy atom. The Labute approximate surface area is 113 Å². The van der Waals surface area contributed by atoms with Crippen LogP contribution in [-0.4, -0.2) is 9.97 Å². The Hall–Kier alpha value is -2.76. The van der Waals surface area contributed by atoms with E-state index in [0.717, 1.165) is 5.52 Å². The van der Waals surface area contributed by atoms with Gasteiger partial charge in [-0.3, -0.25) is 0 Å². The van der Waals surface area contributed by atoms with Crippen LogP contribution in [0.4, 0.5) is 0 Å². The molecule has 3 heterocycles. The normalized spacial score (nSPS) is 14.9. The number of fused-ring (bicyclic) bond motifs is 2. The van der Waals surface area contributed by atoms with Crippen LogP contribution in [0.3, 0.4) is 0 Å².